The van der Waals surface area contributed by atoms with Gasteiger partial charge in [-0.3, -0.25) is 19.7 Å². The zero-order valence-electron chi connectivity index (χ0n) is 15.0. The van der Waals surface area contributed by atoms with E-state index in [4.69, 9.17) is 23.2 Å². The summed E-state index contributed by atoms with van der Waals surface area (Å²) in [6.45, 7) is 3.40. The zero-order valence-corrected chi connectivity index (χ0v) is 16.5. The molecule has 2 N–H and O–H groups in total. The number of carbonyl (C=O) groups excluding carboxylic acids is 2. The highest BCUT2D eigenvalue weighted by molar-refractivity contribution is 6.33. The molecular formula is C18H16Cl2N4O4. The van der Waals surface area contributed by atoms with Crippen molar-refractivity contribution in [1.29, 1.82) is 0 Å². The summed E-state index contributed by atoms with van der Waals surface area (Å²) in [5.41, 5.74) is 3.91. The van der Waals surface area contributed by atoms with E-state index in [9.17, 15) is 19.7 Å². The number of nitro groups is 1. The third kappa shape index (κ3) is 5.77. The van der Waals surface area contributed by atoms with E-state index in [1.165, 1.54) is 12.1 Å². The van der Waals surface area contributed by atoms with Crippen molar-refractivity contribution in [2.24, 2.45) is 5.10 Å². The van der Waals surface area contributed by atoms with Gasteiger partial charge in [0.2, 0.25) is 5.91 Å². The molecule has 0 atom stereocenters. The van der Waals surface area contributed by atoms with Crippen LogP contribution in [0.5, 0.6) is 0 Å². The van der Waals surface area contributed by atoms with Crippen LogP contribution in [0.15, 0.2) is 41.5 Å². The van der Waals surface area contributed by atoms with Crippen LogP contribution in [0.1, 0.15) is 29.3 Å². The Kier molecular flexibility index (Phi) is 7.08. The second-order valence-corrected chi connectivity index (χ2v) is 6.74. The van der Waals surface area contributed by atoms with Crippen LogP contribution in [0.3, 0.4) is 0 Å². The third-order valence-electron chi connectivity index (χ3n) is 3.63. The van der Waals surface area contributed by atoms with E-state index >= 15 is 0 Å². The molecule has 0 aliphatic carbocycles. The average Bonchev–Trinajstić information content (AvgIpc) is 2.61. The second kappa shape index (κ2) is 9.29. The number of aryl methyl sites for hydroxylation is 1. The SMILES string of the molecule is C/C(CC(=O)Nc1ccc(Cl)cc1C)=N/NC(=O)c1ccc([N+](=O)[O-])c(Cl)c1. The minimum absolute atomic E-state index is 0.0383. The Labute approximate surface area is 170 Å². The van der Waals surface area contributed by atoms with Crippen LogP contribution in [0.4, 0.5) is 11.4 Å². The minimum atomic E-state index is -0.646. The Hall–Kier alpha value is -2.97. The van der Waals surface area contributed by atoms with Crippen molar-refractivity contribution in [3.63, 3.8) is 0 Å². The van der Waals surface area contributed by atoms with Gasteiger partial charge in [0, 0.05) is 28.1 Å². The first-order chi connectivity index (χ1) is 13.2. The summed E-state index contributed by atoms with van der Waals surface area (Å²) in [6, 6.07) is 8.67. The predicted molar refractivity (Wildman–Crippen MR) is 108 cm³/mol. The van der Waals surface area contributed by atoms with E-state index < -0.39 is 10.8 Å². The first kappa shape index (κ1) is 21.3. The Morgan fingerprint density at radius 2 is 1.89 bits per heavy atom. The number of hydrazone groups is 1. The minimum Gasteiger partial charge on any atom is -0.326 e. The normalized spacial score (nSPS) is 11.1. The summed E-state index contributed by atoms with van der Waals surface area (Å²) in [5, 5.41) is 17.8. The van der Waals surface area contributed by atoms with Crippen LogP contribution in [0.25, 0.3) is 0 Å². The summed E-state index contributed by atoms with van der Waals surface area (Å²) in [7, 11) is 0. The van der Waals surface area contributed by atoms with Gasteiger partial charge in [-0.25, -0.2) is 5.43 Å². The van der Waals surface area contributed by atoms with Gasteiger partial charge >= 0.3 is 0 Å². The molecule has 146 valence electrons. The van der Waals surface area contributed by atoms with Crippen LogP contribution < -0.4 is 10.7 Å². The summed E-state index contributed by atoms with van der Waals surface area (Å²) in [6.07, 6.45) is -0.0383. The first-order valence-electron chi connectivity index (χ1n) is 8.01. The number of nitrogens with zero attached hydrogens (tertiary/aromatic N) is 2. The van der Waals surface area contributed by atoms with Crippen molar-refractivity contribution in [2.45, 2.75) is 20.3 Å². The highest BCUT2D eigenvalue weighted by atomic mass is 35.5. The molecule has 8 nitrogen and oxygen atoms in total. The lowest BCUT2D eigenvalue weighted by atomic mass is 10.2. The van der Waals surface area contributed by atoms with Crippen molar-refractivity contribution in [2.75, 3.05) is 5.32 Å². The lowest BCUT2D eigenvalue weighted by Crippen LogP contribution is -2.21. The van der Waals surface area contributed by atoms with Crippen LogP contribution in [0.2, 0.25) is 10.0 Å². The van der Waals surface area contributed by atoms with Gasteiger partial charge in [0.05, 0.1) is 11.3 Å². The Balaban J connectivity index is 1.96. The van der Waals surface area contributed by atoms with E-state index in [1.807, 2.05) is 6.92 Å². The topological polar surface area (TPSA) is 114 Å². The van der Waals surface area contributed by atoms with Crippen molar-refractivity contribution < 1.29 is 14.5 Å². The van der Waals surface area contributed by atoms with Crippen molar-refractivity contribution in [3.05, 3.63) is 67.7 Å². The molecular weight excluding hydrogens is 407 g/mol. The zero-order chi connectivity index (χ0) is 20.8. The molecule has 0 bridgehead atoms. The Morgan fingerprint density at radius 1 is 1.18 bits per heavy atom. The molecule has 0 aliphatic rings. The number of amides is 2. The fourth-order valence-corrected chi connectivity index (χ4v) is 2.72. The van der Waals surface area contributed by atoms with Gasteiger partial charge in [0.1, 0.15) is 5.02 Å². The molecule has 0 spiro atoms. The number of hydrogen-bond donors (Lipinski definition) is 2. The molecule has 0 radical (unpaired) electrons. The lowest BCUT2D eigenvalue weighted by molar-refractivity contribution is -0.384. The average molecular weight is 423 g/mol. The van der Waals surface area contributed by atoms with E-state index in [-0.39, 0.29) is 28.6 Å². The van der Waals surface area contributed by atoms with E-state index in [2.05, 4.69) is 15.8 Å². The maximum Gasteiger partial charge on any atom is 0.287 e. The van der Waals surface area contributed by atoms with Crippen LogP contribution in [-0.2, 0) is 4.79 Å². The molecule has 2 aromatic carbocycles. The van der Waals surface area contributed by atoms with Gasteiger partial charge in [0.25, 0.3) is 11.6 Å². The van der Waals surface area contributed by atoms with Crippen molar-refractivity contribution in [1.82, 2.24) is 5.43 Å². The Bertz CT molecular complexity index is 976. The molecule has 2 amide bonds. The van der Waals surface area contributed by atoms with E-state index in [1.54, 1.807) is 25.1 Å². The molecule has 0 aromatic heterocycles. The van der Waals surface area contributed by atoms with Crippen molar-refractivity contribution in [3.8, 4) is 0 Å². The molecule has 2 rings (SSSR count). The number of halogens is 2. The summed E-state index contributed by atoms with van der Waals surface area (Å²) >= 11 is 11.7. The molecule has 0 aliphatic heterocycles. The van der Waals surface area contributed by atoms with Gasteiger partial charge in [-0.15, -0.1) is 0 Å². The molecule has 0 unspecified atom stereocenters. The molecule has 0 fully saturated rings. The molecule has 10 heteroatoms. The van der Waals surface area contributed by atoms with Gasteiger partial charge < -0.3 is 5.32 Å². The van der Waals surface area contributed by atoms with E-state index in [0.29, 0.717) is 16.4 Å². The fourth-order valence-electron chi connectivity index (χ4n) is 2.24. The number of carbonyl (C=O) groups is 2. The molecule has 0 saturated carbocycles. The Morgan fingerprint density at radius 3 is 2.50 bits per heavy atom. The third-order valence-corrected chi connectivity index (χ3v) is 4.17. The van der Waals surface area contributed by atoms with Gasteiger partial charge in [-0.05, 0) is 49.7 Å². The summed E-state index contributed by atoms with van der Waals surface area (Å²) in [5.74, 6) is -0.913. The standard InChI is InChI=1S/C18H16Cl2N4O4/c1-10-7-13(19)4-5-15(10)21-17(25)8-11(2)22-23-18(26)12-3-6-16(24(27)28)14(20)9-12/h3-7,9H,8H2,1-2H3,(H,21,25)(H,23,26)/b22-11-. The second-order valence-electron chi connectivity index (χ2n) is 5.90. The molecule has 0 saturated heterocycles. The number of rotatable bonds is 6. The van der Waals surface area contributed by atoms with Crippen LogP contribution in [-0.4, -0.2) is 22.4 Å². The van der Waals surface area contributed by atoms with Crippen molar-refractivity contribution >= 4 is 52.1 Å². The molecule has 2 aromatic rings. The number of hydrogen-bond acceptors (Lipinski definition) is 5. The van der Waals surface area contributed by atoms with Gasteiger partial charge in [0.15, 0.2) is 0 Å². The quantitative estimate of drug-likeness (QED) is 0.409. The largest absolute Gasteiger partial charge is 0.326 e. The highest BCUT2D eigenvalue weighted by Gasteiger charge is 2.15. The van der Waals surface area contributed by atoms with Crippen LogP contribution in [0, 0.1) is 17.0 Å². The number of nitrogens with one attached hydrogen (secondary N) is 2. The number of anilines is 1. The monoisotopic (exact) mass is 422 g/mol. The summed E-state index contributed by atoms with van der Waals surface area (Å²) < 4.78 is 0. The van der Waals surface area contributed by atoms with Gasteiger partial charge in [-0.1, -0.05) is 23.2 Å². The summed E-state index contributed by atoms with van der Waals surface area (Å²) in [4.78, 5) is 34.3. The van der Waals surface area contributed by atoms with Gasteiger partial charge in [-0.2, -0.15) is 5.10 Å². The smallest absolute Gasteiger partial charge is 0.287 e. The van der Waals surface area contributed by atoms with Crippen LogP contribution >= 0.6 is 23.2 Å². The predicted octanol–water partition coefficient (Wildman–Crippen LogP) is 4.34. The number of benzene rings is 2. The first-order valence-corrected chi connectivity index (χ1v) is 8.76. The highest BCUT2D eigenvalue weighted by Crippen LogP contribution is 2.25. The molecule has 0 heterocycles. The lowest BCUT2D eigenvalue weighted by Gasteiger charge is -2.08. The van der Waals surface area contributed by atoms with E-state index in [0.717, 1.165) is 11.6 Å². The molecule has 28 heavy (non-hydrogen) atoms. The maximum atomic E-state index is 12.1. The number of nitro benzene ring substituents is 1. The fraction of sp³-hybridized carbons (Fsp3) is 0.167. The maximum absolute atomic E-state index is 12.1.